The number of thioether (sulfide) groups is 1. The summed E-state index contributed by atoms with van der Waals surface area (Å²) >= 11 is 1.74. The minimum Gasteiger partial charge on any atom is -0.370 e. The Hall–Kier alpha value is -3.05. The minimum atomic E-state index is -4.55. The van der Waals surface area contributed by atoms with Crippen LogP contribution in [0.2, 0.25) is 0 Å². The molecule has 0 aliphatic carbocycles. The third-order valence-corrected chi connectivity index (χ3v) is 6.38. The van der Waals surface area contributed by atoms with Gasteiger partial charge in [-0.15, -0.1) is 0 Å². The third-order valence-electron chi connectivity index (χ3n) is 5.69. The average molecular weight is 507 g/mol. The number of aromatic nitrogens is 2. The van der Waals surface area contributed by atoms with E-state index in [1.54, 1.807) is 22.7 Å². The Morgan fingerprint density at radius 1 is 1.20 bits per heavy atom. The van der Waals surface area contributed by atoms with Gasteiger partial charge in [-0.2, -0.15) is 24.9 Å². The van der Waals surface area contributed by atoms with Crippen molar-refractivity contribution >= 4 is 46.2 Å². The zero-order chi connectivity index (χ0) is 25.0. The molecule has 35 heavy (non-hydrogen) atoms. The molecule has 7 nitrogen and oxygen atoms in total. The van der Waals surface area contributed by atoms with Gasteiger partial charge in [-0.3, -0.25) is 14.9 Å². The number of anilines is 2. The first-order chi connectivity index (χ1) is 16.8. The number of aryl methyl sites for hydroxylation is 1. The van der Waals surface area contributed by atoms with Crippen molar-refractivity contribution in [2.75, 3.05) is 42.0 Å². The number of hydrogen-bond donors (Lipinski definition) is 1. The van der Waals surface area contributed by atoms with Crippen LogP contribution in [0.15, 0.2) is 42.5 Å². The molecule has 1 fully saturated rings. The molecule has 1 aliphatic heterocycles. The van der Waals surface area contributed by atoms with Crippen molar-refractivity contribution in [2.45, 2.75) is 25.6 Å². The van der Waals surface area contributed by atoms with Gasteiger partial charge in [-0.05, 0) is 61.2 Å². The third kappa shape index (κ3) is 5.79. The second-order valence-corrected chi connectivity index (χ2v) is 9.08. The summed E-state index contributed by atoms with van der Waals surface area (Å²) in [7, 11) is 0. The fourth-order valence-electron chi connectivity index (χ4n) is 3.93. The monoisotopic (exact) mass is 506 g/mol. The maximum absolute atomic E-state index is 13.1. The van der Waals surface area contributed by atoms with E-state index in [0.29, 0.717) is 30.9 Å². The summed E-state index contributed by atoms with van der Waals surface area (Å²) in [5.74, 6) is 0.407. The Morgan fingerprint density at radius 3 is 2.77 bits per heavy atom. The van der Waals surface area contributed by atoms with E-state index >= 15 is 0 Å². The molecular weight excluding hydrogens is 481 g/mol. The lowest BCUT2D eigenvalue weighted by Crippen LogP contribution is -2.41. The summed E-state index contributed by atoms with van der Waals surface area (Å²) < 4.78 is 46.3. The van der Waals surface area contributed by atoms with Crippen LogP contribution in [0.25, 0.3) is 11.0 Å². The van der Waals surface area contributed by atoms with Gasteiger partial charge >= 0.3 is 6.18 Å². The standard InChI is InChI=1S/C24H25F3N4O3S/c1-35-12-3-2-9-31-20-8-7-18(30-10-11-34-15-21(30)32)14-19(20)28-23(31)29-22(33)16-5-4-6-17(13-16)24(25,26)27/h4-8,13-14H,2-3,9-12,15H2,1H3,(H,28,29,33). The molecule has 1 aliphatic rings. The molecule has 1 aromatic heterocycles. The van der Waals surface area contributed by atoms with Crippen molar-refractivity contribution in [3.63, 3.8) is 0 Å². The zero-order valence-electron chi connectivity index (χ0n) is 19.1. The van der Waals surface area contributed by atoms with Gasteiger partial charge < -0.3 is 14.2 Å². The molecule has 0 unspecified atom stereocenters. The fourth-order valence-corrected chi connectivity index (χ4v) is 4.42. The van der Waals surface area contributed by atoms with Crippen LogP contribution in [0.5, 0.6) is 0 Å². The van der Waals surface area contributed by atoms with Crippen LogP contribution in [0.1, 0.15) is 28.8 Å². The van der Waals surface area contributed by atoms with Crippen LogP contribution in [0.4, 0.5) is 24.8 Å². The van der Waals surface area contributed by atoms with E-state index in [-0.39, 0.29) is 24.0 Å². The highest BCUT2D eigenvalue weighted by atomic mass is 32.2. The topological polar surface area (TPSA) is 76.5 Å². The van der Waals surface area contributed by atoms with Crippen LogP contribution >= 0.6 is 11.8 Å². The van der Waals surface area contributed by atoms with E-state index in [9.17, 15) is 22.8 Å². The zero-order valence-corrected chi connectivity index (χ0v) is 19.9. The number of nitrogens with one attached hydrogen (secondary N) is 1. The number of fused-ring (bicyclic) bond motifs is 1. The molecule has 2 aromatic carbocycles. The number of morpholine rings is 1. The SMILES string of the molecule is CSCCCCn1c(NC(=O)c2cccc(C(F)(F)F)c2)nc2cc(N3CCOCC3=O)ccc21. The molecule has 2 heterocycles. The number of imidazole rings is 1. The molecule has 1 saturated heterocycles. The maximum Gasteiger partial charge on any atom is 0.416 e. The van der Waals surface area contributed by atoms with Crippen molar-refractivity contribution in [2.24, 2.45) is 0 Å². The lowest BCUT2D eigenvalue weighted by Gasteiger charge is -2.26. The minimum absolute atomic E-state index is 0.0141. The molecule has 0 bridgehead atoms. The largest absolute Gasteiger partial charge is 0.416 e. The van der Waals surface area contributed by atoms with Crippen LogP contribution in [0, 0.1) is 0 Å². The van der Waals surface area contributed by atoms with E-state index in [4.69, 9.17) is 4.74 Å². The van der Waals surface area contributed by atoms with Crippen molar-refractivity contribution in [3.05, 3.63) is 53.6 Å². The predicted molar refractivity (Wildman–Crippen MR) is 130 cm³/mol. The number of carbonyl (C=O) groups excluding carboxylic acids is 2. The molecule has 11 heteroatoms. The Bertz CT molecular complexity index is 1230. The molecule has 3 aromatic rings. The Kier molecular flexibility index (Phi) is 7.66. The second-order valence-electron chi connectivity index (χ2n) is 8.09. The van der Waals surface area contributed by atoms with Crippen LogP contribution < -0.4 is 10.2 Å². The van der Waals surface area contributed by atoms with Gasteiger partial charge in [-0.1, -0.05) is 6.07 Å². The Balaban J connectivity index is 1.65. The number of halogens is 3. The van der Waals surface area contributed by atoms with Gasteiger partial charge in [0.15, 0.2) is 0 Å². The lowest BCUT2D eigenvalue weighted by atomic mass is 10.1. The summed E-state index contributed by atoms with van der Waals surface area (Å²) in [5, 5.41) is 2.68. The number of hydrogen-bond acceptors (Lipinski definition) is 5. The van der Waals surface area contributed by atoms with Gasteiger partial charge in [-0.25, -0.2) is 4.98 Å². The van der Waals surface area contributed by atoms with Gasteiger partial charge in [0.1, 0.15) is 6.61 Å². The van der Waals surface area contributed by atoms with Crippen molar-refractivity contribution in [3.8, 4) is 0 Å². The number of alkyl halides is 3. The quantitative estimate of drug-likeness (QED) is 0.444. The molecule has 0 radical (unpaired) electrons. The maximum atomic E-state index is 13.1. The number of unbranched alkanes of at least 4 members (excludes halogenated alkanes) is 1. The number of benzene rings is 2. The normalized spacial score (nSPS) is 14.5. The van der Waals surface area contributed by atoms with E-state index in [1.165, 1.54) is 12.1 Å². The molecule has 0 atom stereocenters. The highest BCUT2D eigenvalue weighted by Gasteiger charge is 2.31. The van der Waals surface area contributed by atoms with Gasteiger partial charge in [0.25, 0.3) is 11.8 Å². The Labute approximate surface area is 204 Å². The molecular formula is C24H25F3N4O3S. The Morgan fingerprint density at radius 2 is 2.03 bits per heavy atom. The van der Waals surface area contributed by atoms with Crippen LogP contribution in [-0.2, 0) is 22.3 Å². The predicted octanol–water partition coefficient (Wildman–Crippen LogP) is 4.81. The molecule has 186 valence electrons. The number of nitrogens with zero attached hydrogens (tertiary/aromatic N) is 3. The van der Waals surface area contributed by atoms with Crippen molar-refractivity contribution in [1.82, 2.24) is 9.55 Å². The summed E-state index contributed by atoms with van der Waals surface area (Å²) in [6.45, 7) is 1.45. The molecule has 4 rings (SSSR count). The molecule has 1 N–H and O–H groups in total. The summed E-state index contributed by atoms with van der Waals surface area (Å²) in [6.07, 6.45) is -0.722. The molecule has 0 spiro atoms. The number of carbonyl (C=O) groups is 2. The first-order valence-electron chi connectivity index (χ1n) is 11.1. The number of amides is 2. The molecule has 0 saturated carbocycles. The lowest BCUT2D eigenvalue weighted by molar-refractivity contribution is -0.137. The number of rotatable bonds is 8. The van der Waals surface area contributed by atoms with Crippen molar-refractivity contribution in [1.29, 1.82) is 0 Å². The smallest absolute Gasteiger partial charge is 0.370 e. The molecule has 2 amide bonds. The summed E-state index contributed by atoms with van der Waals surface area (Å²) in [6, 6.07) is 9.72. The average Bonchev–Trinajstić information content (AvgIpc) is 3.17. The van der Waals surface area contributed by atoms with E-state index in [1.807, 2.05) is 23.0 Å². The van der Waals surface area contributed by atoms with Crippen molar-refractivity contribution < 1.29 is 27.5 Å². The van der Waals surface area contributed by atoms with Crippen LogP contribution in [-0.4, -0.2) is 53.1 Å². The van der Waals surface area contributed by atoms with Crippen LogP contribution in [0.3, 0.4) is 0 Å². The van der Waals surface area contributed by atoms with Gasteiger partial charge in [0.05, 0.1) is 23.2 Å². The van der Waals surface area contributed by atoms with E-state index in [2.05, 4.69) is 10.3 Å². The van der Waals surface area contributed by atoms with E-state index < -0.39 is 17.6 Å². The second kappa shape index (κ2) is 10.7. The first kappa shape index (κ1) is 25.1. The number of ether oxygens (including phenoxy) is 1. The summed E-state index contributed by atoms with van der Waals surface area (Å²) in [4.78, 5) is 31.3. The van der Waals surface area contributed by atoms with Gasteiger partial charge in [0, 0.05) is 24.3 Å². The fraction of sp³-hybridized carbons (Fsp3) is 0.375. The van der Waals surface area contributed by atoms with E-state index in [0.717, 1.165) is 36.2 Å². The van der Waals surface area contributed by atoms with Gasteiger partial charge in [0.2, 0.25) is 5.95 Å². The first-order valence-corrected chi connectivity index (χ1v) is 12.5. The highest BCUT2D eigenvalue weighted by Crippen LogP contribution is 2.30. The summed E-state index contributed by atoms with van der Waals surface area (Å²) in [5.41, 5.74) is 1.01. The highest BCUT2D eigenvalue weighted by molar-refractivity contribution is 7.98.